The first-order valence-corrected chi connectivity index (χ1v) is 9.12. The lowest BCUT2D eigenvalue weighted by molar-refractivity contribution is -0.119. The van der Waals surface area contributed by atoms with Gasteiger partial charge in [0, 0.05) is 6.42 Å². The maximum atomic E-state index is 11.8. The molecule has 124 valence electrons. The molecule has 1 N–H and O–H groups in total. The summed E-state index contributed by atoms with van der Waals surface area (Å²) in [5.74, 6) is 0.0710. The number of hydrogen-bond donors (Lipinski definition) is 1. The van der Waals surface area contributed by atoms with Crippen molar-refractivity contribution in [2.24, 2.45) is 10.9 Å². The third kappa shape index (κ3) is 7.25. The summed E-state index contributed by atoms with van der Waals surface area (Å²) in [5.41, 5.74) is 0. The van der Waals surface area contributed by atoms with Crippen LogP contribution in [0.25, 0.3) is 0 Å². The topological polar surface area (TPSA) is 58.5 Å². The number of hydrogen-bond acceptors (Lipinski definition) is 3. The van der Waals surface area contributed by atoms with Crippen molar-refractivity contribution in [3.63, 3.8) is 0 Å². The largest absolute Gasteiger partial charge is 0.305 e. The monoisotopic (exact) mass is 324 g/mol. The fraction of sp³-hybridized carbons (Fsp3) is 0.706. The van der Waals surface area contributed by atoms with Crippen LogP contribution in [0.3, 0.4) is 0 Å². The lowest BCUT2D eigenvalue weighted by Gasteiger charge is -2.10. The molecule has 0 radical (unpaired) electrons. The maximum Gasteiger partial charge on any atom is 0.261 e. The molecule has 0 saturated heterocycles. The molecule has 22 heavy (non-hydrogen) atoms. The zero-order valence-corrected chi connectivity index (χ0v) is 14.6. The van der Waals surface area contributed by atoms with Crippen LogP contribution in [-0.2, 0) is 9.59 Å². The first kappa shape index (κ1) is 18.9. The molecule has 0 spiro atoms. The molecule has 2 amide bonds. The second-order valence-corrected chi connectivity index (χ2v) is 7.16. The summed E-state index contributed by atoms with van der Waals surface area (Å²) < 4.78 is 0. The Morgan fingerprint density at radius 1 is 1.27 bits per heavy atom. The van der Waals surface area contributed by atoms with Gasteiger partial charge in [-0.2, -0.15) is 4.99 Å². The van der Waals surface area contributed by atoms with Crippen LogP contribution in [0.5, 0.6) is 0 Å². The van der Waals surface area contributed by atoms with Gasteiger partial charge in [0.15, 0.2) is 5.17 Å². The highest BCUT2D eigenvalue weighted by Gasteiger charge is 2.31. The van der Waals surface area contributed by atoms with Crippen LogP contribution < -0.4 is 5.32 Å². The highest BCUT2D eigenvalue weighted by atomic mass is 32.2. The standard InChI is InChI=1S/C17H28N2O2S/c1-4-5-6-7-8-9-10-11-12-14(20)18-17-19-16(21)15(22-17)13(2)3/h4,13,15H,1,5-12H2,2-3H3,(H,18,19,20,21). The molecule has 5 heteroatoms. The van der Waals surface area contributed by atoms with Crippen LogP contribution in [0.4, 0.5) is 0 Å². The van der Waals surface area contributed by atoms with Crippen molar-refractivity contribution in [1.29, 1.82) is 0 Å². The van der Waals surface area contributed by atoms with E-state index in [1.807, 2.05) is 19.9 Å². The lowest BCUT2D eigenvalue weighted by Crippen LogP contribution is -2.27. The first-order chi connectivity index (χ1) is 10.5. The van der Waals surface area contributed by atoms with Crippen LogP contribution >= 0.6 is 11.8 Å². The van der Waals surface area contributed by atoms with Gasteiger partial charge in [0.05, 0.1) is 5.25 Å². The molecule has 0 aliphatic carbocycles. The number of aliphatic imine (C=N–C) groups is 1. The summed E-state index contributed by atoms with van der Waals surface area (Å²) in [6.07, 6.45) is 10.4. The van der Waals surface area contributed by atoms with Crippen molar-refractivity contribution >= 4 is 28.7 Å². The third-order valence-electron chi connectivity index (χ3n) is 3.61. The highest BCUT2D eigenvalue weighted by Crippen LogP contribution is 2.27. The Morgan fingerprint density at radius 2 is 1.91 bits per heavy atom. The molecule has 1 rings (SSSR count). The molecule has 1 aliphatic rings. The van der Waals surface area contributed by atoms with Crippen molar-refractivity contribution in [3.05, 3.63) is 12.7 Å². The molecule has 1 unspecified atom stereocenters. The van der Waals surface area contributed by atoms with E-state index >= 15 is 0 Å². The van der Waals surface area contributed by atoms with Crippen LogP contribution in [0.1, 0.15) is 65.2 Å². The first-order valence-electron chi connectivity index (χ1n) is 8.24. The van der Waals surface area contributed by atoms with Crippen LogP contribution in [0, 0.1) is 5.92 Å². The average Bonchev–Trinajstić information content (AvgIpc) is 2.82. The van der Waals surface area contributed by atoms with E-state index in [0.717, 1.165) is 19.3 Å². The number of carbonyl (C=O) groups is 2. The van der Waals surface area contributed by atoms with Gasteiger partial charge >= 0.3 is 0 Å². The number of amides is 2. The molecular formula is C17H28N2O2S. The summed E-state index contributed by atoms with van der Waals surface area (Å²) in [7, 11) is 0. The van der Waals surface area contributed by atoms with Gasteiger partial charge in [-0.05, 0) is 25.2 Å². The van der Waals surface area contributed by atoms with Gasteiger partial charge in [0.1, 0.15) is 0 Å². The number of unbranched alkanes of at least 4 members (excludes halogenated alkanes) is 6. The lowest BCUT2D eigenvalue weighted by atomic mass is 10.1. The SMILES string of the molecule is C=CCCCCCCCCC(=O)NC1=NC(=O)C(C(C)C)S1. The van der Waals surface area contributed by atoms with E-state index in [9.17, 15) is 9.59 Å². The molecular weight excluding hydrogens is 296 g/mol. The molecule has 0 saturated carbocycles. The molecule has 1 atom stereocenters. The number of thioether (sulfide) groups is 1. The van der Waals surface area contributed by atoms with Crippen LogP contribution in [-0.4, -0.2) is 22.2 Å². The van der Waals surface area contributed by atoms with Crippen LogP contribution in [0.15, 0.2) is 17.6 Å². The van der Waals surface area contributed by atoms with E-state index in [2.05, 4.69) is 16.9 Å². The summed E-state index contributed by atoms with van der Waals surface area (Å²) in [6.45, 7) is 7.69. The van der Waals surface area contributed by atoms with Crippen LogP contribution in [0.2, 0.25) is 0 Å². The van der Waals surface area contributed by atoms with Gasteiger partial charge < -0.3 is 5.32 Å². The number of nitrogens with one attached hydrogen (secondary N) is 1. The Bertz CT molecular complexity index is 419. The smallest absolute Gasteiger partial charge is 0.261 e. The number of nitrogens with zero attached hydrogens (tertiary/aromatic N) is 1. The number of amidine groups is 1. The molecule has 1 aliphatic heterocycles. The summed E-state index contributed by atoms with van der Waals surface area (Å²) in [4.78, 5) is 27.4. The van der Waals surface area contributed by atoms with Gasteiger partial charge in [0.25, 0.3) is 5.91 Å². The predicted molar refractivity (Wildman–Crippen MR) is 93.9 cm³/mol. The van der Waals surface area contributed by atoms with Gasteiger partial charge in [-0.3, -0.25) is 9.59 Å². The summed E-state index contributed by atoms with van der Waals surface area (Å²) in [5, 5.41) is 3.08. The van der Waals surface area contributed by atoms with Gasteiger partial charge in [-0.1, -0.05) is 57.4 Å². The Kier molecular flexibility index (Phi) is 9.13. The average molecular weight is 324 g/mol. The molecule has 0 aromatic carbocycles. The van der Waals surface area contributed by atoms with Gasteiger partial charge in [-0.25, -0.2) is 0 Å². The number of rotatable bonds is 10. The van der Waals surface area contributed by atoms with E-state index in [1.165, 1.54) is 37.4 Å². The number of carbonyl (C=O) groups excluding carboxylic acids is 2. The second kappa shape index (κ2) is 10.6. The Morgan fingerprint density at radius 3 is 2.50 bits per heavy atom. The molecule has 1 heterocycles. The molecule has 0 fully saturated rings. The molecule has 0 bridgehead atoms. The van der Waals surface area contributed by atoms with E-state index in [-0.39, 0.29) is 23.0 Å². The Labute approximate surface area is 138 Å². The fourth-order valence-electron chi connectivity index (χ4n) is 2.30. The van der Waals surface area contributed by atoms with E-state index < -0.39 is 0 Å². The summed E-state index contributed by atoms with van der Waals surface area (Å²) in [6, 6.07) is 0. The Balaban J connectivity index is 2.08. The maximum absolute atomic E-state index is 11.8. The minimum Gasteiger partial charge on any atom is -0.305 e. The molecule has 0 aromatic rings. The minimum atomic E-state index is -0.147. The normalized spacial score (nSPS) is 17.7. The Hall–Kier alpha value is -1.10. The van der Waals surface area contributed by atoms with Crippen molar-refractivity contribution in [3.8, 4) is 0 Å². The molecule has 0 aromatic heterocycles. The minimum absolute atomic E-state index is 0.0323. The van der Waals surface area contributed by atoms with Crippen molar-refractivity contribution in [2.45, 2.75) is 70.5 Å². The zero-order chi connectivity index (χ0) is 16.4. The third-order valence-corrected chi connectivity index (χ3v) is 5.02. The zero-order valence-electron chi connectivity index (χ0n) is 13.8. The van der Waals surface area contributed by atoms with Crippen molar-refractivity contribution in [1.82, 2.24) is 5.32 Å². The summed E-state index contributed by atoms with van der Waals surface area (Å²) >= 11 is 1.37. The molecule has 4 nitrogen and oxygen atoms in total. The van der Waals surface area contributed by atoms with E-state index in [0.29, 0.717) is 11.6 Å². The fourth-order valence-corrected chi connectivity index (χ4v) is 3.28. The van der Waals surface area contributed by atoms with E-state index in [1.54, 1.807) is 0 Å². The van der Waals surface area contributed by atoms with Gasteiger partial charge in [0.2, 0.25) is 5.91 Å². The van der Waals surface area contributed by atoms with Gasteiger partial charge in [-0.15, -0.1) is 6.58 Å². The second-order valence-electron chi connectivity index (χ2n) is 6.03. The quantitative estimate of drug-likeness (QED) is 0.487. The number of allylic oxidation sites excluding steroid dienone is 1. The van der Waals surface area contributed by atoms with Crippen molar-refractivity contribution in [2.75, 3.05) is 0 Å². The van der Waals surface area contributed by atoms with Crippen molar-refractivity contribution < 1.29 is 9.59 Å². The predicted octanol–water partition coefficient (Wildman–Crippen LogP) is 4.06. The van der Waals surface area contributed by atoms with E-state index in [4.69, 9.17) is 0 Å². The highest BCUT2D eigenvalue weighted by molar-refractivity contribution is 8.15.